The molecular weight excluding hydrogens is 533 g/mol. The lowest BCUT2D eigenvalue weighted by atomic mass is 10.1. The average Bonchev–Trinajstić information content (AvgIpc) is 3.62. The molecule has 2 aliphatic heterocycles. The minimum atomic E-state index is 0.592. The van der Waals surface area contributed by atoms with Crippen molar-refractivity contribution in [3.8, 4) is 0 Å². The quantitative estimate of drug-likeness (QED) is 0.290. The highest BCUT2D eigenvalue weighted by Crippen LogP contribution is 2.37. The monoisotopic (exact) mass is 557 g/mol. The Balaban J connectivity index is 0.000000147. The van der Waals surface area contributed by atoms with E-state index >= 15 is 0 Å². The van der Waals surface area contributed by atoms with Crippen LogP contribution in [0.15, 0.2) is 37.2 Å². The maximum Gasteiger partial charge on any atom is 0.141 e. The molecule has 0 unspecified atom stereocenters. The molecule has 7 heterocycles. The van der Waals surface area contributed by atoms with Crippen LogP contribution in [0, 0.1) is 0 Å². The molecule has 0 saturated carbocycles. The molecular formula is C25H25Cl2N7S2. The van der Waals surface area contributed by atoms with Crippen molar-refractivity contribution in [3.63, 3.8) is 0 Å². The summed E-state index contributed by atoms with van der Waals surface area (Å²) in [5, 5.41) is 6.68. The van der Waals surface area contributed by atoms with Gasteiger partial charge < -0.3 is 9.88 Å². The maximum atomic E-state index is 6.25. The van der Waals surface area contributed by atoms with Crippen LogP contribution < -0.4 is 5.32 Å². The van der Waals surface area contributed by atoms with Gasteiger partial charge in [0, 0.05) is 54.9 Å². The lowest BCUT2D eigenvalue weighted by Crippen LogP contribution is -2.31. The Labute approximate surface area is 227 Å². The van der Waals surface area contributed by atoms with Crippen molar-refractivity contribution in [1.82, 2.24) is 34.7 Å². The van der Waals surface area contributed by atoms with Crippen molar-refractivity contribution in [2.24, 2.45) is 0 Å². The molecule has 0 aromatic carbocycles. The van der Waals surface area contributed by atoms with Crippen LogP contribution >= 0.6 is 45.9 Å². The molecule has 5 aromatic rings. The van der Waals surface area contributed by atoms with E-state index in [1.54, 1.807) is 29.0 Å². The molecule has 1 N–H and O–H groups in total. The van der Waals surface area contributed by atoms with E-state index < -0.39 is 0 Å². The van der Waals surface area contributed by atoms with E-state index in [4.69, 9.17) is 23.2 Å². The molecule has 0 fully saturated rings. The zero-order chi connectivity index (χ0) is 24.5. The number of nitrogens with zero attached hydrogens (tertiary/aromatic N) is 6. The summed E-state index contributed by atoms with van der Waals surface area (Å²) in [5.74, 6) is 0. The Morgan fingerprint density at radius 3 is 2.22 bits per heavy atom. The summed E-state index contributed by atoms with van der Waals surface area (Å²) in [6, 6.07) is 4.16. The lowest BCUT2D eigenvalue weighted by Gasteiger charge is -2.26. The Bertz CT molecular complexity index is 1500. The van der Waals surface area contributed by atoms with Gasteiger partial charge in [0.2, 0.25) is 0 Å². The third-order valence-electron chi connectivity index (χ3n) is 6.69. The second-order valence-electron chi connectivity index (χ2n) is 8.92. The van der Waals surface area contributed by atoms with Crippen LogP contribution in [0.1, 0.15) is 27.3 Å². The first-order valence-corrected chi connectivity index (χ1v) is 14.4. The van der Waals surface area contributed by atoms with Gasteiger partial charge in [-0.25, -0.2) is 19.9 Å². The fraction of sp³-hybridized carbons (Fsp3) is 0.360. The molecule has 0 atom stereocenters. The van der Waals surface area contributed by atoms with E-state index in [9.17, 15) is 0 Å². The molecule has 7 nitrogen and oxygen atoms in total. The molecule has 11 heteroatoms. The molecule has 7 rings (SSSR count). The number of fused-ring (bicyclic) bond motifs is 6. The Morgan fingerprint density at radius 2 is 1.50 bits per heavy atom. The first-order valence-electron chi connectivity index (χ1n) is 12.0. The van der Waals surface area contributed by atoms with Gasteiger partial charge in [-0.3, -0.25) is 4.90 Å². The third kappa shape index (κ3) is 4.88. The smallest absolute Gasteiger partial charge is 0.141 e. The maximum absolute atomic E-state index is 6.25. The highest BCUT2D eigenvalue weighted by atomic mass is 35.5. The highest BCUT2D eigenvalue weighted by molar-refractivity contribution is 7.19. The van der Waals surface area contributed by atoms with Gasteiger partial charge in [-0.15, -0.1) is 22.7 Å². The number of nitrogens with one attached hydrogen (secondary N) is 1. The van der Waals surface area contributed by atoms with Crippen LogP contribution in [0.5, 0.6) is 0 Å². The summed E-state index contributed by atoms with van der Waals surface area (Å²) in [5.41, 5.74) is 2.71. The number of aromatic nitrogens is 5. The Morgan fingerprint density at radius 1 is 0.833 bits per heavy atom. The van der Waals surface area contributed by atoms with Crippen molar-refractivity contribution < 1.29 is 0 Å². The molecule has 5 aromatic heterocycles. The summed E-state index contributed by atoms with van der Waals surface area (Å²) < 4.78 is 2.24. The predicted octanol–water partition coefficient (Wildman–Crippen LogP) is 5.59. The van der Waals surface area contributed by atoms with E-state index in [1.165, 1.54) is 33.6 Å². The molecule has 0 radical (unpaired) electrons. The van der Waals surface area contributed by atoms with E-state index in [0.717, 1.165) is 72.5 Å². The molecule has 36 heavy (non-hydrogen) atoms. The standard InChI is InChI=1S/C16H17ClN4S.C9H8ClN3S/c17-15-14-12-4-9-21(8-3-7-20-5-1-2-6-20)10-13(12)22-16(14)19-11-18-15;10-8-7-5-1-2-11-3-6(5)14-9(7)13-4-12-8/h1-2,5-6,11H,3-4,7-10H2;4,11H,1-3H2. The van der Waals surface area contributed by atoms with E-state index in [0.29, 0.717) is 10.3 Å². The van der Waals surface area contributed by atoms with Gasteiger partial charge in [0.05, 0.1) is 10.8 Å². The van der Waals surface area contributed by atoms with Gasteiger partial charge in [-0.05, 0) is 49.1 Å². The molecule has 0 aliphatic carbocycles. The molecule has 0 saturated heterocycles. The summed E-state index contributed by atoms with van der Waals surface area (Å²) in [6.45, 7) is 6.27. The minimum absolute atomic E-state index is 0.592. The minimum Gasteiger partial charge on any atom is -0.354 e. The van der Waals surface area contributed by atoms with Crippen molar-refractivity contribution in [3.05, 3.63) is 68.4 Å². The van der Waals surface area contributed by atoms with Crippen molar-refractivity contribution in [2.75, 3.05) is 19.6 Å². The molecule has 0 spiro atoms. The lowest BCUT2D eigenvalue weighted by molar-refractivity contribution is 0.250. The summed E-state index contributed by atoms with van der Waals surface area (Å²) in [7, 11) is 0. The Hall–Kier alpha value is -2.14. The van der Waals surface area contributed by atoms with Gasteiger partial charge in [-0.2, -0.15) is 0 Å². The normalized spacial score (nSPS) is 15.5. The molecule has 2 aliphatic rings. The second kappa shape index (κ2) is 10.7. The fourth-order valence-corrected chi connectivity index (χ4v) is 7.94. The van der Waals surface area contributed by atoms with Crippen LogP contribution in [0.3, 0.4) is 0 Å². The summed E-state index contributed by atoms with van der Waals surface area (Å²) in [4.78, 5) is 24.1. The average molecular weight is 559 g/mol. The van der Waals surface area contributed by atoms with E-state index in [1.807, 2.05) is 0 Å². The van der Waals surface area contributed by atoms with Gasteiger partial charge in [-0.1, -0.05) is 23.2 Å². The van der Waals surface area contributed by atoms with Crippen LogP contribution in [0.2, 0.25) is 10.3 Å². The number of hydrogen-bond donors (Lipinski definition) is 1. The largest absolute Gasteiger partial charge is 0.354 e. The van der Waals surface area contributed by atoms with Crippen molar-refractivity contribution >= 4 is 66.3 Å². The molecule has 0 bridgehead atoms. The first kappa shape index (κ1) is 24.2. The molecule has 186 valence electrons. The van der Waals surface area contributed by atoms with Crippen molar-refractivity contribution in [2.45, 2.75) is 38.9 Å². The predicted molar refractivity (Wildman–Crippen MR) is 148 cm³/mol. The fourth-order valence-electron chi connectivity index (χ4n) is 4.95. The van der Waals surface area contributed by atoms with Crippen LogP contribution in [0.25, 0.3) is 20.4 Å². The zero-order valence-corrected chi connectivity index (χ0v) is 22.7. The zero-order valence-electron chi connectivity index (χ0n) is 19.6. The SMILES string of the molecule is Clc1ncnc2sc3c(c12)CCN(CCCn1cccc1)C3.Clc1ncnc2sc3c(c12)CCNC3. The number of halogens is 2. The van der Waals surface area contributed by atoms with Gasteiger partial charge in [0.1, 0.15) is 32.6 Å². The Kier molecular flexibility index (Phi) is 7.19. The number of hydrogen-bond acceptors (Lipinski definition) is 8. The number of thiophene rings is 2. The van der Waals surface area contributed by atoms with Gasteiger partial charge >= 0.3 is 0 Å². The highest BCUT2D eigenvalue weighted by Gasteiger charge is 2.23. The van der Waals surface area contributed by atoms with Crippen molar-refractivity contribution in [1.29, 1.82) is 0 Å². The van der Waals surface area contributed by atoms with Crippen LogP contribution in [-0.4, -0.2) is 49.0 Å². The third-order valence-corrected chi connectivity index (χ3v) is 9.53. The summed E-state index contributed by atoms with van der Waals surface area (Å²) in [6.07, 6.45) is 10.6. The second-order valence-corrected chi connectivity index (χ2v) is 11.8. The molecule has 0 amide bonds. The van der Waals surface area contributed by atoms with Crippen LogP contribution in [0.4, 0.5) is 0 Å². The van der Waals surface area contributed by atoms with Gasteiger partial charge in [0.15, 0.2) is 0 Å². The summed E-state index contributed by atoms with van der Waals surface area (Å²) >= 11 is 15.8. The topological polar surface area (TPSA) is 71.8 Å². The number of rotatable bonds is 4. The van der Waals surface area contributed by atoms with Crippen LogP contribution in [-0.2, 0) is 32.5 Å². The van der Waals surface area contributed by atoms with E-state index in [2.05, 4.69) is 59.2 Å². The van der Waals surface area contributed by atoms with E-state index in [-0.39, 0.29) is 0 Å². The number of aryl methyl sites for hydroxylation is 1. The van der Waals surface area contributed by atoms with Gasteiger partial charge in [0.25, 0.3) is 0 Å². The first-order chi connectivity index (χ1) is 17.7.